The molecule has 5 aromatic rings. The first-order chi connectivity index (χ1) is 13.8. The van der Waals surface area contributed by atoms with E-state index in [0.717, 1.165) is 33.7 Å². The van der Waals surface area contributed by atoms with Gasteiger partial charge < -0.3 is 4.74 Å². The summed E-state index contributed by atoms with van der Waals surface area (Å²) < 4.78 is 5.34. The number of hydrogen-bond donors (Lipinski definition) is 0. The third-order valence-corrected chi connectivity index (χ3v) is 5.08. The Morgan fingerprint density at radius 2 is 1.54 bits per heavy atom. The third-order valence-electron chi connectivity index (χ3n) is 5.08. The minimum atomic E-state index is 0.848. The van der Waals surface area contributed by atoms with Crippen molar-refractivity contribution in [1.82, 2.24) is 9.97 Å². The molecule has 5 rings (SSSR count). The number of aromatic nitrogens is 2. The van der Waals surface area contributed by atoms with Crippen LogP contribution < -0.4 is 4.74 Å². The lowest BCUT2D eigenvalue weighted by Gasteiger charge is -2.13. The predicted molar refractivity (Wildman–Crippen MR) is 114 cm³/mol. The molecule has 0 aliphatic rings. The molecule has 0 spiro atoms. The van der Waals surface area contributed by atoms with Gasteiger partial charge in [-0.25, -0.2) is 4.98 Å². The highest BCUT2D eigenvalue weighted by molar-refractivity contribution is 6.13. The lowest BCUT2D eigenvalue weighted by atomic mass is 9.94. The van der Waals surface area contributed by atoms with Gasteiger partial charge in [-0.15, -0.1) is 0 Å². The van der Waals surface area contributed by atoms with Crippen LogP contribution in [0.4, 0.5) is 0 Å². The maximum Gasteiger partial charge on any atom is 0.118 e. The Bertz CT molecular complexity index is 1280. The van der Waals surface area contributed by atoms with Crippen molar-refractivity contribution in [2.24, 2.45) is 0 Å². The van der Waals surface area contributed by atoms with Gasteiger partial charge in [0.25, 0.3) is 0 Å². The first-order valence-corrected chi connectivity index (χ1v) is 9.21. The summed E-state index contributed by atoms with van der Waals surface area (Å²) in [6.07, 6.45) is 3.60. The molecule has 3 aromatic carbocycles. The van der Waals surface area contributed by atoms with Gasteiger partial charge in [-0.05, 0) is 58.3 Å². The van der Waals surface area contributed by atoms with Crippen LogP contribution in [0, 0.1) is 0 Å². The number of fused-ring (bicyclic) bond motifs is 3. The Hall–Kier alpha value is -3.72. The van der Waals surface area contributed by atoms with Crippen molar-refractivity contribution in [3.05, 3.63) is 91.3 Å². The van der Waals surface area contributed by atoms with Gasteiger partial charge in [0, 0.05) is 23.3 Å². The fourth-order valence-corrected chi connectivity index (χ4v) is 3.68. The Morgan fingerprint density at radius 1 is 0.750 bits per heavy atom. The SMILES string of the molecule is COc1ccc(-c2cc(-c3ccncc3)nc3ccc4ccccc4c23)cc1. The van der Waals surface area contributed by atoms with E-state index in [9.17, 15) is 0 Å². The number of nitrogens with zero attached hydrogens (tertiary/aromatic N) is 2. The van der Waals surface area contributed by atoms with E-state index >= 15 is 0 Å². The van der Waals surface area contributed by atoms with Gasteiger partial charge >= 0.3 is 0 Å². The van der Waals surface area contributed by atoms with Crippen LogP contribution in [-0.4, -0.2) is 17.1 Å². The van der Waals surface area contributed by atoms with Crippen molar-refractivity contribution in [2.45, 2.75) is 0 Å². The monoisotopic (exact) mass is 362 g/mol. The summed E-state index contributed by atoms with van der Waals surface area (Å²) in [5.41, 5.74) is 5.28. The first-order valence-electron chi connectivity index (χ1n) is 9.21. The van der Waals surface area contributed by atoms with Crippen LogP contribution in [-0.2, 0) is 0 Å². The lowest BCUT2D eigenvalue weighted by Crippen LogP contribution is -1.91. The van der Waals surface area contributed by atoms with E-state index in [1.54, 1.807) is 19.5 Å². The summed E-state index contributed by atoms with van der Waals surface area (Å²) >= 11 is 0. The van der Waals surface area contributed by atoms with Crippen LogP contribution in [0.5, 0.6) is 5.75 Å². The molecule has 0 atom stereocenters. The summed E-state index contributed by atoms with van der Waals surface area (Å²) in [5, 5.41) is 3.59. The summed E-state index contributed by atoms with van der Waals surface area (Å²) in [7, 11) is 1.69. The minimum Gasteiger partial charge on any atom is -0.497 e. The second-order valence-electron chi connectivity index (χ2n) is 6.70. The van der Waals surface area contributed by atoms with Crippen LogP contribution in [0.1, 0.15) is 0 Å². The number of rotatable bonds is 3. The number of pyridine rings is 2. The molecule has 3 nitrogen and oxygen atoms in total. The van der Waals surface area contributed by atoms with Gasteiger partial charge in [0.1, 0.15) is 5.75 Å². The third kappa shape index (κ3) is 2.78. The molecular formula is C25H18N2O. The second-order valence-corrected chi connectivity index (χ2v) is 6.70. The average Bonchev–Trinajstić information content (AvgIpc) is 2.79. The standard InChI is InChI=1S/C25H18N2O/c1-28-20-9-6-18(7-10-20)22-16-24(19-12-14-26-15-13-19)27-23-11-8-17-4-2-3-5-21(17)25(22)23/h2-16H,1H3. The summed E-state index contributed by atoms with van der Waals surface area (Å²) in [4.78, 5) is 9.10. The molecule has 134 valence electrons. The van der Waals surface area contributed by atoms with Gasteiger partial charge in [0.05, 0.1) is 18.3 Å². The van der Waals surface area contributed by atoms with Crippen LogP contribution in [0.15, 0.2) is 91.3 Å². The largest absolute Gasteiger partial charge is 0.497 e. The fraction of sp³-hybridized carbons (Fsp3) is 0.0400. The van der Waals surface area contributed by atoms with E-state index in [4.69, 9.17) is 9.72 Å². The topological polar surface area (TPSA) is 35.0 Å². The molecule has 0 N–H and O–H groups in total. The molecular weight excluding hydrogens is 344 g/mol. The van der Waals surface area contributed by atoms with E-state index in [-0.39, 0.29) is 0 Å². The Kier molecular flexibility index (Phi) is 3.99. The van der Waals surface area contributed by atoms with E-state index in [1.807, 2.05) is 24.3 Å². The second kappa shape index (κ2) is 6.78. The zero-order valence-electron chi connectivity index (χ0n) is 15.5. The minimum absolute atomic E-state index is 0.848. The maximum atomic E-state index is 5.34. The quantitative estimate of drug-likeness (QED) is 0.362. The van der Waals surface area contributed by atoms with Crippen LogP contribution in [0.3, 0.4) is 0 Å². The fourth-order valence-electron chi connectivity index (χ4n) is 3.68. The van der Waals surface area contributed by atoms with Gasteiger partial charge in [-0.3, -0.25) is 4.98 Å². The van der Waals surface area contributed by atoms with Crippen molar-refractivity contribution in [3.8, 4) is 28.1 Å². The molecule has 2 heterocycles. The van der Waals surface area contributed by atoms with Gasteiger partial charge in [-0.2, -0.15) is 0 Å². The normalized spacial score (nSPS) is 11.0. The Balaban J connectivity index is 1.86. The molecule has 0 saturated heterocycles. The highest BCUT2D eigenvalue weighted by Crippen LogP contribution is 2.36. The van der Waals surface area contributed by atoms with Crippen molar-refractivity contribution >= 4 is 21.7 Å². The van der Waals surface area contributed by atoms with Gasteiger partial charge in [-0.1, -0.05) is 42.5 Å². The van der Waals surface area contributed by atoms with E-state index in [0.29, 0.717) is 0 Å². The number of benzene rings is 3. The summed E-state index contributed by atoms with van der Waals surface area (Å²) in [6.45, 7) is 0. The molecule has 0 bridgehead atoms. The van der Waals surface area contributed by atoms with Crippen molar-refractivity contribution < 1.29 is 4.74 Å². The van der Waals surface area contributed by atoms with Gasteiger partial charge in [0.2, 0.25) is 0 Å². The number of methoxy groups -OCH3 is 1. The van der Waals surface area contributed by atoms with Crippen molar-refractivity contribution in [2.75, 3.05) is 7.11 Å². The molecule has 0 aliphatic heterocycles. The number of ether oxygens (including phenoxy) is 1. The van der Waals surface area contributed by atoms with E-state index in [1.165, 1.54) is 16.2 Å². The smallest absolute Gasteiger partial charge is 0.118 e. The number of hydrogen-bond acceptors (Lipinski definition) is 3. The Morgan fingerprint density at radius 3 is 2.32 bits per heavy atom. The first kappa shape index (κ1) is 16.5. The van der Waals surface area contributed by atoms with Crippen molar-refractivity contribution in [1.29, 1.82) is 0 Å². The molecule has 0 aliphatic carbocycles. The summed E-state index contributed by atoms with van der Waals surface area (Å²) in [6, 6.07) is 27.1. The summed E-state index contributed by atoms with van der Waals surface area (Å²) in [5.74, 6) is 0.848. The average molecular weight is 362 g/mol. The molecule has 0 amide bonds. The highest BCUT2D eigenvalue weighted by Gasteiger charge is 2.12. The molecule has 3 heteroatoms. The molecule has 28 heavy (non-hydrogen) atoms. The molecule has 0 radical (unpaired) electrons. The van der Waals surface area contributed by atoms with Crippen LogP contribution in [0.2, 0.25) is 0 Å². The lowest BCUT2D eigenvalue weighted by molar-refractivity contribution is 0.415. The van der Waals surface area contributed by atoms with E-state index in [2.05, 4.69) is 59.6 Å². The Labute approximate surface area is 163 Å². The van der Waals surface area contributed by atoms with E-state index < -0.39 is 0 Å². The molecule has 0 saturated carbocycles. The predicted octanol–water partition coefficient (Wildman–Crippen LogP) is 6.13. The van der Waals surface area contributed by atoms with Crippen molar-refractivity contribution in [3.63, 3.8) is 0 Å². The zero-order valence-corrected chi connectivity index (χ0v) is 15.5. The molecule has 2 aromatic heterocycles. The molecule has 0 fully saturated rings. The van der Waals surface area contributed by atoms with Crippen LogP contribution >= 0.6 is 0 Å². The maximum absolute atomic E-state index is 5.34. The molecule has 0 unspecified atom stereocenters. The van der Waals surface area contributed by atoms with Crippen LogP contribution in [0.25, 0.3) is 44.1 Å². The van der Waals surface area contributed by atoms with Gasteiger partial charge in [0.15, 0.2) is 0 Å². The zero-order chi connectivity index (χ0) is 18.9. The highest BCUT2D eigenvalue weighted by atomic mass is 16.5.